The third-order valence-electron chi connectivity index (χ3n) is 1.56. The van der Waals surface area contributed by atoms with Gasteiger partial charge in [0.2, 0.25) is 0 Å². The van der Waals surface area contributed by atoms with Crippen molar-refractivity contribution in [1.29, 1.82) is 0 Å². The van der Waals surface area contributed by atoms with E-state index in [1.165, 1.54) is 14.0 Å². The lowest BCUT2D eigenvalue weighted by molar-refractivity contribution is -0.0883. The summed E-state index contributed by atoms with van der Waals surface area (Å²) < 4.78 is 37.0. The molecule has 6 heteroatoms. The van der Waals surface area contributed by atoms with Gasteiger partial charge >= 0.3 is 6.18 Å². The first kappa shape index (κ1) is 13.8. The maximum Gasteiger partial charge on any atom is 0.416 e. The summed E-state index contributed by atoms with van der Waals surface area (Å²) in [6.45, 7) is 4.45. The van der Waals surface area contributed by atoms with E-state index in [0.29, 0.717) is 0 Å². The highest BCUT2D eigenvalue weighted by atomic mass is 32.1. The van der Waals surface area contributed by atoms with Crippen molar-refractivity contribution >= 4 is 23.9 Å². The average Bonchev–Trinajstić information content (AvgIpc) is 2.16. The van der Waals surface area contributed by atoms with E-state index in [1.807, 2.05) is 0 Å². The Morgan fingerprint density at radius 2 is 2.00 bits per heavy atom. The topological polar surface area (TPSA) is 24.4 Å². The predicted molar refractivity (Wildman–Crippen MR) is 59.1 cm³/mol. The highest BCUT2D eigenvalue weighted by molar-refractivity contribution is 7.80. The number of allylic oxidation sites excluding steroid dienone is 3. The second kappa shape index (κ2) is 5.65. The lowest BCUT2D eigenvalue weighted by Crippen LogP contribution is -2.18. The Morgan fingerprint density at radius 1 is 1.47 bits per heavy atom. The quantitative estimate of drug-likeness (QED) is 0.352. The maximum absolute atomic E-state index is 12.3. The van der Waals surface area contributed by atoms with E-state index in [0.717, 1.165) is 12.2 Å². The largest absolute Gasteiger partial charge is 0.416 e. The third kappa shape index (κ3) is 4.24. The molecule has 0 unspecified atom stereocenters. The molecule has 84 valence electrons. The number of hydrogen-bond acceptors (Lipinski definition) is 2. The SMILES string of the molecule is C=N/C(=C\C(=C/C)C(F)(F)F)C(=S)NC. The van der Waals surface area contributed by atoms with Crippen molar-refractivity contribution in [3.63, 3.8) is 0 Å². The van der Waals surface area contributed by atoms with Gasteiger partial charge in [-0.3, -0.25) is 4.99 Å². The zero-order valence-corrected chi connectivity index (χ0v) is 9.17. The molecule has 0 bridgehead atoms. The van der Waals surface area contributed by atoms with Crippen molar-refractivity contribution in [2.24, 2.45) is 4.99 Å². The Bertz CT molecular complexity index is 316. The van der Waals surface area contributed by atoms with Crippen LogP contribution in [0.2, 0.25) is 0 Å². The van der Waals surface area contributed by atoms with Crippen LogP contribution in [0.25, 0.3) is 0 Å². The molecule has 0 atom stereocenters. The van der Waals surface area contributed by atoms with Crippen molar-refractivity contribution in [2.75, 3.05) is 7.05 Å². The van der Waals surface area contributed by atoms with Crippen LogP contribution in [0.4, 0.5) is 13.2 Å². The molecule has 0 aliphatic carbocycles. The molecule has 0 saturated carbocycles. The smallest absolute Gasteiger partial charge is 0.378 e. The Morgan fingerprint density at radius 3 is 2.27 bits per heavy atom. The average molecular weight is 236 g/mol. The number of likely N-dealkylation sites (N-methyl/N-ethyl adjacent to an activating group) is 1. The standard InChI is InChI=1S/C9H11F3N2S/c1-4-6(9(10,11)12)5-7(13-2)8(15)14-3/h4-5H,2H2,1,3H3,(H,14,15)/b6-4+,7-5-. The van der Waals surface area contributed by atoms with Gasteiger partial charge in [0.05, 0.1) is 11.3 Å². The predicted octanol–water partition coefficient (Wildman–Crippen LogP) is 2.63. The Hall–Kier alpha value is -1.17. The van der Waals surface area contributed by atoms with Crippen LogP contribution < -0.4 is 5.32 Å². The van der Waals surface area contributed by atoms with Gasteiger partial charge in [-0.2, -0.15) is 13.2 Å². The Balaban J connectivity index is 5.15. The zero-order chi connectivity index (χ0) is 12.1. The molecule has 1 N–H and O–H groups in total. The number of hydrogen-bond donors (Lipinski definition) is 1. The Labute approximate surface area is 91.6 Å². The number of thiocarbonyl (C=S) groups is 1. The highest BCUT2D eigenvalue weighted by Crippen LogP contribution is 2.27. The molecule has 0 aromatic carbocycles. The van der Waals surface area contributed by atoms with E-state index in [-0.39, 0.29) is 10.7 Å². The van der Waals surface area contributed by atoms with Crippen LogP contribution in [0.5, 0.6) is 0 Å². The van der Waals surface area contributed by atoms with Gasteiger partial charge in [0.15, 0.2) is 0 Å². The molecule has 15 heavy (non-hydrogen) atoms. The van der Waals surface area contributed by atoms with Gasteiger partial charge in [-0.25, -0.2) is 0 Å². The number of alkyl halides is 3. The minimum absolute atomic E-state index is 0.00192. The van der Waals surface area contributed by atoms with Crippen LogP contribution in [0, 0.1) is 0 Å². The molecular weight excluding hydrogens is 225 g/mol. The van der Waals surface area contributed by atoms with Crippen LogP contribution >= 0.6 is 12.2 Å². The van der Waals surface area contributed by atoms with Crippen LogP contribution in [-0.4, -0.2) is 24.9 Å². The lowest BCUT2D eigenvalue weighted by atomic mass is 10.2. The van der Waals surface area contributed by atoms with E-state index in [1.54, 1.807) is 0 Å². The Kier molecular flexibility index (Phi) is 5.21. The van der Waals surface area contributed by atoms with E-state index in [2.05, 4.69) is 17.0 Å². The summed E-state index contributed by atoms with van der Waals surface area (Å²) in [7, 11) is 1.50. The summed E-state index contributed by atoms with van der Waals surface area (Å²) in [5.74, 6) is 0. The number of aliphatic imine (C=N–C) groups is 1. The van der Waals surface area contributed by atoms with Crippen molar-refractivity contribution in [3.05, 3.63) is 23.4 Å². The summed E-state index contributed by atoms with van der Waals surface area (Å²) in [5, 5.41) is 2.53. The van der Waals surface area contributed by atoms with Gasteiger partial charge in [0.1, 0.15) is 4.99 Å². The second-order valence-corrected chi connectivity index (χ2v) is 2.92. The van der Waals surface area contributed by atoms with E-state index in [9.17, 15) is 13.2 Å². The second-order valence-electron chi connectivity index (χ2n) is 2.51. The van der Waals surface area contributed by atoms with Crippen LogP contribution in [0.15, 0.2) is 28.4 Å². The molecule has 0 heterocycles. The van der Waals surface area contributed by atoms with E-state index in [4.69, 9.17) is 12.2 Å². The van der Waals surface area contributed by atoms with Gasteiger partial charge < -0.3 is 5.32 Å². The van der Waals surface area contributed by atoms with Crippen molar-refractivity contribution in [3.8, 4) is 0 Å². The molecular formula is C9H11F3N2S. The minimum atomic E-state index is -4.41. The van der Waals surface area contributed by atoms with Crippen molar-refractivity contribution < 1.29 is 13.2 Å². The monoisotopic (exact) mass is 236 g/mol. The fourth-order valence-electron chi connectivity index (χ4n) is 0.787. The molecule has 0 saturated heterocycles. The zero-order valence-electron chi connectivity index (χ0n) is 8.35. The summed E-state index contributed by atoms with van der Waals surface area (Å²) in [4.78, 5) is 3.55. The minimum Gasteiger partial charge on any atom is -0.378 e. The molecule has 0 rings (SSSR count). The third-order valence-corrected chi connectivity index (χ3v) is 1.97. The maximum atomic E-state index is 12.3. The summed E-state index contributed by atoms with van der Waals surface area (Å²) in [6.07, 6.45) is -2.61. The number of rotatable bonds is 3. The first-order valence-electron chi connectivity index (χ1n) is 4.00. The van der Waals surface area contributed by atoms with Crippen LogP contribution in [0.3, 0.4) is 0 Å². The number of nitrogens with one attached hydrogen (secondary N) is 1. The van der Waals surface area contributed by atoms with Gasteiger partial charge in [-0.15, -0.1) is 0 Å². The van der Waals surface area contributed by atoms with Gasteiger partial charge in [0.25, 0.3) is 0 Å². The summed E-state index contributed by atoms with van der Waals surface area (Å²) in [5.41, 5.74) is -0.805. The van der Waals surface area contributed by atoms with Crippen LogP contribution in [-0.2, 0) is 0 Å². The lowest BCUT2D eigenvalue weighted by Gasteiger charge is -2.09. The molecule has 2 nitrogen and oxygen atoms in total. The van der Waals surface area contributed by atoms with E-state index < -0.39 is 11.7 Å². The highest BCUT2D eigenvalue weighted by Gasteiger charge is 2.31. The summed E-state index contributed by atoms with van der Waals surface area (Å²) >= 11 is 4.76. The molecule has 0 aromatic rings. The van der Waals surface area contributed by atoms with Crippen LogP contribution in [0.1, 0.15) is 6.92 Å². The molecule has 0 fully saturated rings. The number of nitrogens with zero attached hydrogens (tertiary/aromatic N) is 1. The molecule has 0 spiro atoms. The van der Waals surface area contributed by atoms with Gasteiger partial charge in [-0.1, -0.05) is 18.3 Å². The molecule has 0 aromatic heterocycles. The molecule has 0 radical (unpaired) electrons. The molecule has 0 aliphatic heterocycles. The first-order chi connectivity index (χ1) is 6.86. The van der Waals surface area contributed by atoms with Crippen molar-refractivity contribution in [1.82, 2.24) is 5.32 Å². The number of halogens is 3. The fraction of sp³-hybridized carbons (Fsp3) is 0.333. The van der Waals surface area contributed by atoms with Crippen molar-refractivity contribution in [2.45, 2.75) is 13.1 Å². The molecule has 0 amide bonds. The van der Waals surface area contributed by atoms with E-state index >= 15 is 0 Å². The van der Waals surface area contributed by atoms with Gasteiger partial charge in [-0.05, 0) is 19.7 Å². The summed E-state index contributed by atoms with van der Waals surface area (Å²) in [6, 6.07) is 0. The van der Waals surface area contributed by atoms with Gasteiger partial charge in [0, 0.05) is 7.05 Å². The fourth-order valence-corrected chi connectivity index (χ4v) is 0.911. The normalized spacial score (nSPS) is 13.7. The first-order valence-corrected chi connectivity index (χ1v) is 4.41. The molecule has 0 aliphatic rings.